The number of halogens is 3. The molecule has 0 aliphatic heterocycles. The second kappa shape index (κ2) is 8.92. The molecule has 0 spiro atoms. The zero-order valence-corrected chi connectivity index (χ0v) is 18.5. The second-order valence-electron chi connectivity index (χ2n) is 8.77. The van der Waals surface area contributed by atoms with Gasteiger partial charge in [0, 0.05) is 35.7 Å². The molecule has 10 heteroatoms. The molecule has 7 nitrogen and oxygen atoms in total. The van der Waals surface area contributed by atoms with E-state index in [0.29, 0.717) is 24.1 Å². The van der Waals surface area contributed by atoms with Crippen LogP contribution >= 0.6 is 0 Å². The summed E-state index contributed by atoms with van der Waals surface area (Å²) in [6, 6.07) is 1.92. The monoisotopic (exact) mass is 468 g/mol. The summed E-state index contributed by atoms with van der Waals surface area (Å²) in [7, 11) is 0. The maximum absolute atomic E-state index is 14.9. The third kappa shape index (κ3) is 4.27. The van der Waals surface area contributed by atoms with E-state index in [1.807, 2.05) is 0 Å². The number of nitrogens with zero attached hydrogens (tertiary/aromatic N) is 3. The van der Waals surface area contributed by atoms with Crippen LogP contribution in [0.4, 0.5) is 19.0 Å². The van der Waals surface area contributed by atoms with E-state index < -0.39 is 17.5 Å². The number of nitrogens with one attached hydrogen (secondary N) is 3. The highest BCUT2D eigenvalue weighted by Gasteiger charge is 2.26. The van der Waals surface area contributed by atoms with Crippen molar-refractivity contribution < 1.29 is 18.0 Å². The summed E-state index contributed by atoms with van der Waals surface area (Å²) < 4.78 is 42.9. The maximum atomic E-state index is 14.9. The van der Waals surface area contributed by atoms with Crippen LogP contribution in [0.1, 0.15) is 48.3 Å². The molecule has 34 heavy (non-hydrogen) atoms. The number of carbonyl (C=O) groups excluding carboxylic acids is 1. The van der Waals surface area contributed by atoms with Gasteiger partial charge in [0.05, 0.1) is 23.7 Å². The number of hydrogen-bond acceptors (Lipinski definition) is 5. The summed E-state index contributed by atoms with van der Waals surface area (Å²) in [5.41, 5.74) is 1.13. The van der Waals surface area contributed by atoms with Crippen LogP contribution in [0.3, 0.4) is 0 Å². The summed E-state index contributed by atoms with van der Waals surface area (Å²) in [6.07, 6.45) is 8.21. The van der Waals surface area contributed by atoms with Crippen molar-refractivity contribution in [3.63, 3.8) is 0 Å². The quantitative estimate of drug-likeness (QED) is 0.333. The first-order chi connectivity index (χ1) is 16.4. The molecule has 1 fully saturated rings. The van der Waals surface area contributed by atoms with Crippen molar-refractivity contribution in [3.05, 3.63) is 59.7 Å². The summed E-state index contributed by atoms with van der Waals surface area (Å²) in [5, 5.41) is 3.47. The maximum Gasteiger partial charge on any atom is 0.186 e. The van der Waals surface area contributed by atoms with Crippen LogP contribution in [0.15, 0.2) is 30.9 Å². The average Bonchev–Trinajstić information content (AvgIpc) is 3.47. The van der Waals surface area contributed by atoms with Crippen LogP contribution in [-0.2, 0) is 0 Å². The highest BCUT2D eigenvalue weighted by Crippen LogP contribution is 2.33. The summed E-state index contributed by atoms with van der Waals surface area (Å²) in [4.78, 5) is 30.5. The van der Waals surface area contributed by atoms with Crippen molar-refractivity contribution in [1.82, 2.24) is 24.9 Å². The van der Waals surface area contributed by atoms with Crippen LogP contribution < -0.4 is 5.32 Å². The number of aromatic nitrogens is 5. The first kappa shape index (κ1) is 22.1. The van der Waals surface area contributed by atoms with Gasteiger partial charge in [-0.25, -0.2) is 28.1 Å². The molecule has 0 saturated heterocycles. The molecule has 3 heterocycles. The van der Waals surface area contributed by atoms with Gasteiger partial charge in [-0.05, 0) is 38.2 Å². The van der Waals surface area contributed by atoms with Gasteiger partial charge >= 0.3 is 0 Å². The lowest BCUT2D eigenvalue weighted by Gasteiger charge is -2.30. The Kier molecular flexibility index (Phi) is 5.80. The zero-order valence-electron chi connectivity index (χ0n) is 18.5. The summed E-state index contributed by atoms with van der Waals surface area (Å²) in [5.74, 6) is -1.65. The van der Waals surface area contributed by atoms with Gasteiger partial charge in [-0.2, -0.15) is 0 Å². The molecule has 0 radical (unpaired) electrons. The number of rotatable bonds is 6. The fraction of sp³-hybridized carbons (Fsp3) is 0.333. The lowest BCUT2D eigenvalue weighted by atomic mass is 9.82. The van der Waals surface area contributed by atoms with Crippen LogP contribution in [0, 0.1) is 30.3 Å². The van der Waals surface area contributed by atoms with Gasteiger partial charge in [0.25, 0.3) is 0 Å². The molecular weight excluding hydrogens is 445 g/mol. The van der Waals surface area contributed by atoms with Gasteiger partial charge in [0.2, 0.25) is 0 Å². The number of carbonyl (C=O) groups is 1. The SMILES string of the molecule is Cc1nc(-c2c[nH]c3c(F)cc(F)cc23)nc(N[C@H]2CCC[C@@H](CC(=O)c3cnc[nH]3)C2)c1F. The van der Waals surface area contributed by atoms with Crippen molar-refractivity contribution in [1.29, 1.82) is 0 Å². The number of fused-ring (bicyclic) bond motifs is 1. The lowest BCUT2D eigenvalue weighted by Crippen LogP contribution is -2.29. The molecule has 4 aromatic rings. The minimum absolute atomic E-state index is 0.00768. The van der Waals surface area contributed by atoms with Crippen molar-refractivity contribution in [2.45, 2.75) is 45.1 Å². The molecule has 0 bridgehead atoms. The fourth-order valence-electron chi connectivity index (χ4n) is 4.70. The standard InChI is InChI=1S/C24H23F3N6O/c1-12-21(27)24(32-15-4-2-3-13(5-15)6-20(34)19-10-28-11-30-19)33-23(31-12)17-9-29-22-16(17)7-14(25)8-18(22)26/h7-11,13,15,29H,2-6H2,1H3,(H,28,30)(H,31,32,33)/t13-,15+/m1/s1. The molecule has 3 aromatic heterocycles. The number of ketones is 1. The zero-order chi connectivity index (χ0) is 23.8. The Balaban J connectivity index is 1.38. The summed E-state index contributed by atoms with van der Waals surface area (Å²) >= 11 is 0. The first-order valence-corrected chi connectivity index (χ1v) is 11.2. The van der Waals surface area contributed by atoms with Crippen LogP contribution in [0.25, 0.3) is 22.3 Å². The molecular formula is C24H23F3N6O. The third-order valence-corrected chi connectivity index (χ3v) is 6.36. The Morgan fingerprint density at radius 1 is 1.18 bits per heavy atom. The molecule has 0 amide bonds. The molecule has 1 saturated carbocycles. The Hall–Kier alpha value is -3.69. The van der Waals surface area contributed by atoms with Gasteiger partial charge in [-0.1, -0.05) is 6.42 Å². The molecule has 5 rings (SSSR count). The molecule has 0 unspecified atom stereocenters. The Bertz CT molecular complexity index is 1350. The topological polar surface area (TPSA) is 99.3 Å². The van der Waals surface area contributed by atoms with E-state index >= 15 is 0 Å². The highest BCUT2D eigenvalue weighted by atomic mass is 19.1. The largest absolute Gasteiger partial charge is 0.365 e. The van der Waals surface area contributed by atoms with Gasteiger partial charge in [-0.15, -0.1) is 0 Å². The van der Waals surface area contributed by atoms with Gasteiger partial charge in [0.15, 0.2) is 23.2 Å². The Morgan fingerprint density at radius 3 is 2.82 bits per heavy atom. The minimum Gasteiger partial charge on any atom is -0.365 e. The van der Waals surface area contributed by atoms with E-state index in [0.717, 1.165) is 25.3 Å². The molecule has 1 aromatic carbocycles. The normalized spacial score (nSPS) is 18.4. The van der Waals surface area contributed by atoms with Crippen LogP contribution in [0.5, 0.6) is 0 Å². The van der Waals surface area contributed by atoms with E-state index in [1.54, 1.807) is 0 Å². The summed E-state index contributed by atoms with van der Waals surface area (Å²) in [6.45, 7) is 1.52. The van der Waals surface area contributed by atoms with Crippen molar-refractivity contribution in [2.24, 2.45) is 5.92 Å². The number of imidazole rings is 1. The number of benzene rings is 1. The van der Waals surface area contributed by atoms with Crippen molar-refractivity contribution >= 4 is 22.5 Å². The van der Waals surface area contributed by atoms with Crippen LogP contribution in [-0.4, -0.2) is 36.7 Å². The Morgan fingerprint density at radius 2 is 2.03 bits per heavy atom. The number of aromatic amines is 2. The Labute approximate surface area is 193 Å². The smallest absolute Gasteiger partial charge is 0.186 e. The van der Waals surface area contributed by atoms with Crippen molar-refractivity contribution in [2.75, 3.05) is 5.32 Å². The van der Waals surface area contributed by atoms with E-state index in [4.69, 9.17) is 0 Å². The molecule has 3 N–H and O–H groups in total. The minimum atomic E-state index is -0.726. The number of H-pyrrole nitrogens is 2. The van der Waals surface area contributed by atoms with E-state index in [1.165, 1.54) is 31.7 Å². The fourth-order valence-corrected chi connectivity index (χ4v) is 4.70. The van der Waals surface area contributed by atoms with E-state index in [2.05, 4.69) is 30.2 Å². The highest BCUT2D eigenvalue weighted by molar-refractivity contribution is 5.94. The molecule has 1 aliphatic carbocycles. The van der Waals surface area contributed by atoms with Crippen molar-refractivity contribution in [3.8, 4) is 11.4 Å². The number of anilines is 1. The average molecular weight is 468 g/mol. The van der Waals surface area contributed by atoms with Gasteiger partial charge in [0.1, 0.15) is 17.3 Å². The number of hydrogen-bond donors (Lipinski definition) is 3. The number of aryl methyl sites for hydroxylation is 1. The molecule has 176 valence electrons. The van der Waals surface area contributed by atoms with E-state index in [-0.39, 0.29) is 46.0 Å². The predicted molar refractivity (Wildman–Crippen MR) is 121 cm³/mol. The molecule has 2 atom stereocenters. The van der Waals surface area contributed by atoms with Gasteiger partial charge < -0.3 is 15.3 Å². The first-order valence-electron chi connectivity index (χ1n) is 11.2. The van der Waals surface area contributed by atoms with Gasteiger partial charge in [-0.3, -0.25) is 4.79 Å². The third-order valence-electron chi connectivity index (χ3n) is 6.36. The predicted octanol–water partition coefficient (Wildman–Crippen LogP) is 5.32. The lowest BCUT2D eigenvalue weighted by molar-refractivity contribution is 0.0944. The second-order valence-corrected chi connectivity index (χ2v) is 8.77. The molecule has 1 aliphatic rings. The van der Waals surface area contributed by atoms with E-state index in [9.17, 15) is 18.0 Å². The van der Waals surface area contributed by atoms with Crippen LogP contribution in [0.2, 0.25) is 0 Å². The number of Topliss-reactive ketones (excluding diaryl/α,β-unsaturated/α-hetero) is 1.